The van der Waals surface area contributed by atoms with E-state index in [4.69, 9.17) is 10.2 Å². The third-order valence-corrected chi connectivity index (χ3v) is 9.60. The van der Waals surface area contributed by atoms with Crippen LogP contribution in [0.4, 0.5) is 0 Å². The highest BCUT2D eigenvalue weighted by Crippen LogP contribution is 2.42. The van der Waals surface area contributed by atoms with Gasteiger partial charge in [0.1, 0.15) is 0 Å². The summed E-state index contributed by atoms with van der Waals surface area (Å²) in [6, 6.07) is 0.258. The molecule has 0 unspecified atom stereocenters. The lowest BCUT2D eigenvalue weighted by Crippen LogP contribution is -2.46. The average Bonchev–Trinajstić information content (AvgIpc) is 2.74. The molecule has 21 heavy (non-hydrogen) atoms. The summed E-state index contributed by atoms with van der Waals surface area (Å²) in [5, 5.41) is 0.270. The van der Waals surface area contributed by atoms with Crippen LogP contribution in [0, 0.1) is 0 Å². The molecule has 1 saturated heterocycles. The van der Waals surface area contributed by atoms with Crippen molar-refractivity contribution in [3.05, 3.63) is 0 Å². The van der Waals surface area contributed by atoms with Crippen molar-refractivity contribution in [3.8, 4) is 0 Å². The standard InChI is InChI=1S/C16H34N2O2Si/c1-6-10-16(2,3)21(4,5)20-13-14-8-9-15(19)18(14)12-7-11-17/h14H,6-13,17H2,1-5H3/t14-/m0/s1. The zero-order valence-corrected chi connectivity index (χ0v) is 15.6. The van der Waals surface area contributed by atoms with E-state index in [1.807, 2.05) is 4.90 Å². The van der Waals surface area contributed by atoms with Crippen molar-refractivity contribution in [1.82, 2.24) is 4.90 Å². The lowest BCUT2D eigenvalue weighted by atomic mass is 10.1. The number of carbonyl (C=O) groups is 1. The molecule has 1 aliphatic heterocycles. The molecule has 5 heteroatoms. The quantitative estimate of drug-likeness (QED) is 0.665. The summed E-state index contributed by atoms with van der Waals surface area (Å²) in [6.45, 7) is 13.6. The molecule has 0 aliphatic carbocycles. The molecule has 1 atom stereocenters. The minimum absolute atomic E-state index is 0.258. The van der Waals surface area contributed by atoms with Gasteiger partial charge in [0.15, 0.2) is 8.32 Å². The molecule has 1 fully saturated rings. The highest BCUT2D eigenvalue weighted by atomic mass is 28.4. The van der Waals surface area contributed by atoms with Crippen LogP contribution in [0.5, 0.6) is 0 Å². The first kappa shape index (κ1) is 18.7. The summed E-state index contributed by atoms with van der Waals surface area (Å²) < 4.78 is 6.40. The van der Waals surface area contributed by atoms with E-state index in [2.05, 4.69) is 33.9 Å². The summed E-state index contributed by atoms with van der Waals surface area (Å²) in [7, 11) is -1.76. The third-order valence-electron chi connectivity index (χ3n) is 5.20. The number of likely N-dealkylation sites (tertiary alicyclic amines) is 1. The topological polar surface area (TPSA) is 55.6 Å². The van der Waals surface area contributed by atoms with Crippen molar-refractivity contribution >= 4 is 14.2 Å². The molecule has 2 N–H and O–H groups in total. The van der Waals surface area contributed by atoms with Crippen LogP contribution in [0.15, 0.2) is 0 Å². The number of nitrogens with zero attached hydrogens (tertiary/aromatic N) is 1. The molecule has 124 valence electrons. The Morgan fingerprint density at radius 2 is 2.10 bits per heavy atom. The van der Waals surface area contributed by atoms with Crippen molar-refractivity contribution in [2.75, 3.05) is 19.7 Å². The Morgan fingerprint density at radius 3 is 2.67 bits per heavy atom. The summed E-state index contributed by atoms with van der Waals surface area (Å²) in [5.41, 5.74) is 5.57. The van der Waals surface area contributed by atoms with E-state index in [-0.39, 0.29) is 17.0 Å². The Morgan fingerprint density at radius 1 is 1.43 bits per heavy atom. The van der Waals surface area contributed by atoms with Crippen LogP contribution >= 0.6 is 0 Å². The van der Waals surface area contributed by atoms with Gasteiger partial charge in [0.2, 0.25) is 5.91 Å². The highest BCUT2D eigenvalue weighted by molar-refractivity contribution is 6.74. The maximum absolute atomic E-state index is 12.0. The molecule has 0 aromatic carbocycles. The first-order valence-electron chi connectivity index (χ1n) is 8.38. The molecular formula is C16H34N2O2Si. The van der Waals surface area contributed by atoms with E-state index >= 15 is 0 Å². The molecule has 0 bridgehead atoms. The van der Waals surface area contributed by atoms with E-state index in [1.165, 1.54) is 12.8 Å². The Bertz CT molecular complexity index is 345. The zero-order valence-electron chi connectivity index (χ0n) is 14.6. The molecule has 1 rings (SSSR count). The van der Waals surface area contributed by atoms with Gasteiger partial charge in [-0.25, -0.2) is 0 Å². The second kappa shape index (κ2) is 7.74. The highest BCUT2D eigenvalue weighted by Gasteiger charge is 2.41. The van der Waals surface area contributed by atoms with Crippen LogP contribution in [0.1, 0.15) is 52.9 Å². The number of carbonyl (C=O) groups excluding carboxylic acids is 1. The summed E-state index contributed by atoms with van der Waals surface area (Å²) in [4.78, 5) is 13.9. The van der Waals surface area contributed by atoms with Gasteiger partial charge in [0.25, 0.3) is 0 Å². The number of amides is 1. The smallest absolute Gasteiger partial charge is 0.222 e. The molecule has 1 aliphatic rings. The molecule has 1 amide bonds. The van der Waals surface area contributed by atoms with Gasteiger partial charge in [-0.2, -0.15) is 0 Å². The van der Waals surface area contributed by atoms with Gasteiger partial charge < -0.3 is 15.1 Å². The lowest BCUT2D eigenvalue weighted by molar-refractivity contribution is -0.129. The Labute approximate surface area is 131 Å². The van der Waals surface area contributed by atoms with Crippen molar-refractivity contribution < 1.29 is 9.22 Å². The van der Waals surface area contributed by atoms with E-state index in [0.29, 0.717) is 19.6 Å². The fourth-order valence-corrected chi connectivity index (χ4v) is 4.81. The van der Waals surface area contributed by atoms with E-state index in [9.17, 15) is 4.79 Å². The molecule has 0 spiro atoms. The van der Waals surface area contributed by atoms with Crippen LogP contribution in [0.2, 0.25) is 18.1 Å². The van der Waals surface area contributed by atoms with Crippen LogP contribution in [0.3, 0.4) is 0 Å². The second-order valence-corrected chi connectivity index (χ2v) is 12.0. The molecule has 4 nitrogen and oxygen atoms in total. The summed E-state index contributed by atoms with van der Waals surface area (Å²) in [5.74, 6) is 0.268. The summed E-state index contributed by atoms with van der Waals surface area (Å²) >= 11 is 0. The van der Waals surface area contributed by atoms with E-state index in [0.717, 1.165) is 19.4 Å². The average molecular weight is 315 g/mol. The number of hydrogen-bond donors (Lipinski definition) is 1. The van der Waals surface area contributed by atoms with E-state index in [1.54, 1.807) is 0 Å². The fourth-order valence-electron chi connectivity index (χ4n) is 2.96. The predicted octanol–water partition coefficient (Wildman–Crippen LogP) is 3.13. The van der Waals surface area contributed by atoms with Crippen molar-refractivity contribution in [2.45, 2.75) is 77.0 Å². The predicted molar refractivity (Wildman–Crippen MR) is 90.8 cm³/mol. The normalized spacial score (nSPS) is 20.4. The van der Waals surface area contributed by atoms with Crippen LogP contribution in [0.25, 0.3) is 0 Å². The Balaban J connectivity index is 2.58. The first-order valence-corrected chi connectivity index (χ1v) is 11.3. The van der Waals surface area contributed by atoms with Crippen molar-refractivity contribution in [2.24, 2.45) is 5.73 Å². The molecule has 0 saturated carbocycles. The second-order valence-electron chi connectivity index (χ2n) is 7.38. The van der Waals surface area contributed by atoms with Gasteiger partial charge >= 0.3 is 0 Å². The van der Waals surface area contributed by atoms with Gasteiger partial charge in [0, 0.05) is 13.0 Å². The maximum Gasteiger partial charge on any atom is 0.222 e. The van der Waals surface area contributed by atoms with Gasteiger partial charge in [-0.15, -0.1) is 0 Å². The van der Waals surface area contributed by atoms with Gasteiger partial charge in [-0.1, -0.05) is 27.2 Å². The molecule has 0 aromatic rings. The minimum atomic E-state index is -1.76. The van der Waals surface area contributed by atoms with E-state index < -0.39 is 8.32 Å². The van der Waals surface area contributed by atoms with Gasteiger partial charge in [0.05, 0.1) is 12.6 Å². The Kier molecular flexibility index (Phi) is 6.88. The largest absolute Gasteiger partial charge is 0.415 e. The van der Waals surface area contributed by atoms with Crippen molar-refractivity contribution in [3.63, 3.8) is 0 Å². The molecule has 0 radical (unpaired) electrons. The zero-order chi connectivity index (χ0) is 16.1. The summed E-state index contributed by atoms with van der Waals surface area (Å²) in [6.07, 6.45) is 4.87. The van der Waals surface area contributed by atoms with Gasteiger partial charge in [-0.3, -0.25) is 4.79 Å². The van der Waals surface area contributed by atoms with Crippen LogP contribution in [-0.4, -0.2) is 44.9 Å². The SMILES string of the molecule is CCCC(C)(C)[Si](C)(C)OC[C@@H]1CCC(=O)N1CCCN. The third kappa shape index (κ3) is 4.79. The molecule has 1 heterocycles. The van der Waals surface area contributed by atoms with Gasteiger partial charge in [-0.05, 0) is 43.9 Å². The van der Waals surface area contributed by atoms with Crippen LogP contribution in [-0.2, 0) is 9.22 Å². The van der Waals surface area contributed by atoms with Crippen LogP contribution < -0.4 is 5.73 Å². The first-order chi connectivity index (χ1) is 9.75. The lowest BCUT2D eigenvalue weighted by Gasteiger charge is -2.40. The molecular weight excluding hydrogens is 280 g/mol. The number of rotatable bonds is 9. The molecule has 0 aromatic heterocycles. The van der Waals surface area contributed by atoms with Crippen molar-refractivity contribution in [1.29, 1.82) is 0 Å². The Hall–Kier alpha value is -0.393. The number of nitrogens with two attached hydrogens (primary N) is 1. The minimum Gasteiger partial charge on any atom is -0.415 e. The monoisotopic (exact) mass is 314 g/mol. The number of hydrogen-bond acceptors (Lipinski definition) is 3. The maximum atomic E-state index is 12.0. The fraction of sp³-hybridized carbons (Fsp3) is 0.938.